The molecule has 2 aromatic heterocycles. The predicted octanol–water partition coefficient (Wildman–Crippen LogP) is 5.40. The Kier molecular flexibility index (Phi) is 4.28. The Morgan fingerprint density at radius 3 is 2.71 bits per heavy atom. The molecule has 0 radical (unpaired) electrons. The monoisotopic (exact) mass is 408 g/mol. The van der Waals surface area contributed by atoms with Gasteiger partial charge in [0.25, 0.3) is 0 Å². The summed E-state index contributed by atoms with van der Waals surface area (Å²) in [6.45, 7) is 1.51. The third kappa shape index (κ3) is 3.01. The SMILES string of the molecule is Fc1ccccc1[C@H]1c2[nH]c3ccccc3c2CCN1Cc1cccc2nccnc12. The maximum atomic E-state index is 15.0. The van der Waals surface area contributed by atoms with Crippen molar-refractivity contribution in [3.8, 4) is 0 Å². The first-order chi connectivity index (χ1) is 15.3. The van der Waals surface area contributed by atoms with Crippen LogP contribution in [0.3, 0.4) is 0 Å². The van der Waals surface area contributed by atoms with Gasteiger partial charge in [0, 0.05) is 47.6 Å². The van der Waals surface area contributed by atoms with E-state index in [2.05, 4.69) is 44.1 Å². The quantitative estimate of drug-likeness (QED) is 0.435. The Morgan fingerprint density at radius 1 is 0.935 bits per heavy atom. The van der Waals surface area contributed by atoms with Crippen LogP contribution in [0.5, 0.6) is 0 Å². The van der Waals surface area contributed by atoms with Crippen LogP contribution < -0.4 is 0 Å². The number of halogens is 1. The third-order valence-electron chi connectivity index (χ3n) is 6.29. The number of para-hydroxylation sites is 2. The first-order valence-corrected chi connectivity index (χ1v) is 10.6. The highest BCUT2D eigenvalue weighted by molar-refractivity contribution is 5.85. The van der Waals surface area contributed by atoms with E-state index in [-0.39, 0.29) is 11.9 Å². The predicted molar refractivity (Wildman–Crippen MR) is 120 cm³/mol. The van der Waals surface area contributed by atoms with Gasteiger partial charge in [-0.2, -0.15) is 0 Å². The number of aromatic nitrogens is 3. The van der Waals surface area contributed by atoms with Crippen molar-refractivity contribution in [3.05, 3.63) is 107 Å². The minimum absolute atomic E-state index is 0.179. The zero-order valence-electron chi connectivity index (χ0n) is 16.9. The number of fused-ring (bicyclic) bond motifs is 4. The molecule has 0 saturated carbocycles. The molecule has 1 aliphatic heterocycles. The number of rotatable bonds is 3. The standard InChI is InChI=1S/C26H21FN4/c27-21-9-3-1-8-20(21)26-25-19(18-7-2-4-10-22(18)30-25)12-15-31(26)16-17-6-5-11-23-24(17)29-14-13-28-23/h1-11,13-14,26,30H,12,15-16H2/t26-/m0/s1. The molecule has 5 aromatic rings. The summed E-state index contributed by atoms with van der Waals surface area (Å²) in [5, 5.41) is 1.23. The fourth-order valence-corrected chi connectivity index (χ4v) is 4.91. The van der Waals surface area contributed by atoms with Crippen molar-refractivity contribution in [2.24, 2.45) is 0 Å². The van der Waals surface area contributed by atoms with Crippen molar-refractivity contribution in [1.29, 1.82) is 0 Å². The minimum atomic E-state index is -0.190. The summed E-state index contributed by atoms with van der Waals surface area (Å²) in [5.41, 5.74) is 7.06. The molecule has 5 heteroatoms. The first-order valence-electron chi connectivity index (χ1n) is 10.6. The van der Waals surface area contributed by atoms with E-state index < -0.39 is 0 Å². The zero-order valence-corrected chi connectivity index (χ0v) is 16.9. The average molecular weight is 408 g/mol. The van der Waals surface area contributed by atoms with E-state index >= 15 is 4.39 Å². The highest BCUT2D eigenvalue weighted by Crippen LogP contribution is 2.40. The summed E-state index contributed by atoms with van der Waals surface area (Å²) in [4.78, 5) is 15.0. The largest absolute Gasteiger partial charge is 0.357 e. The van der Waals surface area contributed by atoms with Crippen LogP contribution >= 0.6 is 0 Å². The number of aromatic amines is 1. The molecule has 0 amide bonds. The topological polar surface area (TPSA) is 44.8 Å². The van der Waals surface area contributed by atoms with E-state index in [4.69, 9.17) is 0 Å². The van der Waals surface area contributed by atoms with Gasteiger partial charge in [-0.25, -0.2) is 4.39 Å². The summed E-state index contributed by atoms with van der Waals surface area (Å²) in [7, 11) is 0. The number of H-pyrrole nitrogens is 1. The summed E-state index contributed by atoms with van der Waals surface area (Å²) in [5.74, 6) is -0.179. The van der Waals surface area contributed by atoms with E-state index in [1.165, 1.54) is 10.9 Å². The number of nitrogens with zero attached hydrogens (tertiary/aromatic N) is 3. The van der Waals surface area contributed by atoms with Gasteiger partial charge >= 0.3 is 0 Å². The van der Waals surface area contributed by atoms with Crippen molar-refractivity contribution >= 4 is 21.9 Å². The minimum Gasteiger partial charge on any atom is -0.357 e. The molecule has 0 saturated heterocycles. The highest BCUT2D eigenvalue weighted by Gasteiger charge is 2.33. The molecular formula is C26H21FN4. The van der Waals surface area contributed by atoms with Crippen molar-refractivity contribution in [2.45, 2.75) is 19.0 Å². The molecule has 0 aliphatic carbocycles. The molecule has 1 aliphatic rings. The number of nitrogens with one attached hydrogen (secondary N) is 1. The summed E-state index contributed by atoms with van der Waals surface area (Å²) in [6.07, 6.45) is 4.36. The van der Waals surface area contributed by atoms with Crippen LogP contribution in [0.4, 0.5) is 4.39 Å². The lowest BCUT2D eigenvalue weighted by Crippen LogP contribution is -2.36. The van der Waals surface area contributed by atoms with Gasteiger partial charge in [0.2, 0.25) is 0 Å². The van der Waals surface area contributed by atoms with Crippen LogP contribution in [0.15, 0.2) is 79.1 Å². The van der Waals surface area contributed by atoms with Gasteiger partial charge in [-0.15, -0.1) is 0 Å². The maximum Gasteiger partial charge on any atom is 0.128 e. The molecule has 0 fully saturated rings. The zero-order chi connectivity index (χ0) is 20.8. The second-order valence-electron chi connectivity index (χ2n) is 8.05. The maximum absolute atomic E-state index is 15.0. The molecule has 3 aromatic carbocycles. The third-order valence-corrected chi connectivity index (χ3v) is 6.29. The fraction of sp³-hybridized carbons (Fsp3) is 0.154. The Bertz CT molecular complexity index is 1400. The van der Waals surface area contributed by atoms with Gasteiger partial charge in [0.1, 0.15) is 5.82 Å². The van der Waals surface area contributed by atoms with Crippen LogP contribution in [0.25, 0.3) is 21.9 Å². The molecule has 31 heavy (non-hydrogen) atoms. The highest BCUT2D eigenvalue weighted by atomic mass is 19.1. The van der Waals surface area contributed by atoms with E-state index in [1.807, 2.05) is 30.3 Å². The molecule has 3 heterocycles. The Hall–Kier alpha value is -3.57. The second-order valence-corrected chi connectivity index (χ2v) is 8.05. The van der Waals surface area contributed by atoms with E-state index in [9.17, 15) is 0 Å². The van der Waals surface area contributed by atoms with Crippen LogP contribution in [-0.4, -0.2) is 26.4 Å². The molecule has 152 valence electrons. The lowest BCUT2D eigenvalue weighted by atomic mass is 9.91. The molecule has 0 unspecified atom stereocenters. The van der Waals surface area contributed by atoms with E-state index in [0.717, 1.165) is 40.8 Å². The number of benzene rings is 3. The smallest absolute Gasteiger partial charge is 0.128 e. The number of hydrogen-bond acceptors (Lipinski definition) is 3. The lowest BCUT2D eigenvalue weighted by molar-refractivity contribution is 0.199. The molecule has 4 nitrogen and oxygen atoms in total. The van der Waals surface area contributed by atoms with E-state index in [0.29, 0.717) is 12.1 Å². The van der Waals surface area contributed by atoms with Gasteiger partial charge < -0.3 is 4.98 Å². The van der Waals surface area contributed by atoms with Gasteiger partial charge in [0.05, 0.1) is 17.1 Å². The molecule has 6 rings (SSSR count). The van der Waals surface area contributed by atoms with Crippen LogP contribution in [-0.2, 0) is 13.0 Å². The van der Waals surface area contributed by atoms with Crippen LogP contribution in [0.2, 0.25) is 0 Å². The molecule has 1 N–H and O–H groups in total. The fourth-order valence-electron chi connectivity index (χ4n) is 4.91. The molecule has 0 spiro atoms. The Labute approximate surface area is 179 Å². The van der Waals surface area contributed by atoms with E-state index in [1.54, 1.807) is 24.5 Å². The van der Waals surface area contributed by atoms with Gasteiger partial charge in [-0.1, -0.05) is 48.5 Å². The summed E-state index contributed by atoms with van der Waals surface area (Å²) in [6, 6.07) is 21.4. The van der Waals surface area contributed by atoms with Gasteiger partial charge in [-0.05, 0) is 35.7 Å². The molecular weight excluding hydrogens is 387 g/mol. The summed E-state index contributed by atoms with van der Waals surface area (Å²) < 4.78 is 15.0. The van der Waals surface area contributed by atoms with Crippen molar-refractivity contribution in [2.75, 3.05) is 6.54 Å². The van der Waals surface area contributed by atoms with Gasteiger partial charge in [0.15, 0.2) is 0 Å². The van der Waals surface area contributed by atoms with Crippen molar-refractivity contribution in [3.63, 3.8) is 0 Å². The van der Waals surface area contributed by atoms with Crippen LogP contribution in [0.1, 0.15) is 28.4 Å². The lowest BCUT2D eigenvalue weighted by Gasteiger charge is -2.36. The summed E-state index contributed by atoms with van der Waals surface area (Å²) >= 11 is 0. The Morgan fingerprint density at radius 2 is 1.77 bits per heavy atom. The second kappa shape index (κ2) is 7.29. The van der Waals surface area contributed by atoms with Crippen molar-refractivity contribution in [1.82, 2.24) is 19.9 Å². The number of hydrogen-bond donors (Lipinski definition) is 1. The van der Waals surface area contributed by atoms with Crippen molar-refractivity contribution < 1.29 is 4.39 Å². The van der Waals surface area contributed by atoms with Gasteiger partial charge in [-0.3, -0.25) is 14.9 Å². The Balaban J connectivity index is 1.50. The molecule has 1 atom stereocenters. The van der Waals surface area contributed by atoms with Crippen LogP contribution in [0, 0.1) is 5.82 Å². The average Bonchev–Trinajstić information content (AvgIpc) is 3.19. The first kappa shape index (κ1) is 18.2. The normalized spacial score (nSPS) is 16.6. The molecule has 0 bridgehead atoms.